The summed E-state index contributed by atoms with van der Waals surface area (Å²) in [5.41, 5.74) is 1.50. The molecule has 1 aromatic carbocycles. The van der Waals surface area contributed by atoms with Crippen molar-refractivity contribution in [2.75, 3.05) is 6.61 Å². The third kappa shape index (κ3) is 5.12. The van der Waals surface area contributed by atoms with Crippen molar-refractivity contribution >= 4 is 12.0 Å². The average Bonchev–Trinajstić information content (AvgIpc) is 3.00. The first-order chi connectivity index (χ1) is 12.8. The van der Waals surface area contributed by atoms with Crippen LogP contribution in [0.25, 0.3) is 0 Å². The van der Waals surface area contributed by atoms with Crippen molar-refractivity contribution in [3.8, 4) is 0 Å². The quantitative estimate of drug-likeness (QED) is 0.714. The summed E-state index contributed by atoms with van der Waals surface area (Å²) < 4.78 is 5.18. The number of imide groups is 1. The van der Waals surface area contributed by atoms with Gasteiger partial charge >= 0.3 is 6.09 Å². The van der Waals surface area contributed by atoms with Crippen LogP contribution in [-0.4, -0.2) is 29.5 Å². The van der Waals surface area contributed by atoms with Crippen molar-refractivity contribution in [1.82, 2.24) is 4.90 Å². The summed E-state index contributed by atoms with van der Waals surface area (Å²) in [5, 5.41) is 0. The van der Waals surface area contributed by atoms with Gasteiger partial charge < -0.3 is 4.74 Å². The molecule has 0 N–H and O–H groups in total. The molecule has 0 bridgehead atoms. The number of carbonyl (C=O) groups is 2. The highest BCUT2D eigenvalue weighted by Gasteiger charge is 2.38. The molecule has 3 rings (SSSR count). The highest BCUT2D eigenvalue weighted by molar-refractivity contribution is 5.93. The molecule has 27 heavy (non-hydrogen) atoms. The Morgan fingerprint density at radius 2 is 1.78 bits per heavy atom. The molecule has 148 valence electrons. The van der Waals surface area contributed by atoms with Crippen LogP contribution in [0.15, 0.2) is 30.3 Å². The van der Waals surface area contributed by atoms with Gasteiger partial charge in [0.15, 0.2) is 0 Å². The topological polar surface area (TPSA) is 46.6 Å². The molecule has 4 heteroatoms. The molecule has 0 spiro atoms. The SMILES string of the molecule is CC(C)(C)C1CCC(CCC(=O)N2C(=O)OCC2Cc2ccccc2)CC1. The largest absolute Gasteiger partial charge is 0.447 e. The molecule has 1 aliphatic carbocycles. The maximum Gasteiger partial charge on any atom is 0.416 e. The Kier molecular flexibility index (Phi) is 6.23. The molecule has 4 nitrogen and oxygen atoms in total. The number of rotatable bonds is 5. The Bertz CT molecular complexity index is 641. The van der Waals surface area contributed by atoms with Crippen LogP contribution in [0.4, 0.5) is 4.79 Å². The number of nitrogens with zero attached hydrogens (tertiary/aromatic N) is 1. The van der Waals surface area contributed by atoms with Gasteiger partial charge in [-0.1, -0.05) is 63.9 Å². The van der Waals surface area contributed by atoms with Crippen molar-refractivity contribution in [1.29, 1.82) is 0 Å². The second-order valence-corrected chi connectivity index (χ2v) is 9.31. The molecular weight excluding hydrogens is 338 g/mol. The minimum atomic E-state index is -0.475. The monoisotopic (exact) mass is 371 g/mol. The van der Waals surface area contributed by atoms with Crippen LogP contribution in [0.3, 0.4) is 0 Å². The highest BCUT2D eigenvalue weighted by atomic mass is 16.6. The molecule has 1 atom stereocenters. The van der Waals surface area contributed by atoms with E-state index in [0.29, 0.717) is 30.8 Å². The van der Waals surface area contributed by atoms with Gasteiger partial charge in [-0.3, -0.25) is 4.79 Å². The number of ether oxygens (including phenoxy) is 1. The Morgan fingerprint density at radius 1 is 1.11 bits per heavy atom. The van der Waals surface area contributed by atoms with E-state index in [9.17, 15) is 9.59 Å². The van der Waals surface area contributed by atoms with E-state index in [0.717, 1.165) is 17.9 Å². The lowest BCUT2D eigenvalue weighted by atomic mass is 9.69. The summed E-state index contributed by atoms with van der Waals surface area (Å²) in [6, 6.07) is 9.80. The molecule has 1 unspecified atom stereocenters. The average molecular weight is 372 g/mol. The Labute approximate surface area is 163 Å². The van der Waals surface area contributed by atoms with Crippen molar-refractivity contribution in [3.63, 3.8) is 0 Å². The number of hydrogen-bond donors (Lipinski definition) is 0. The van der Waals surface area contributed by atoms with Gasteiger partial charge in [0, 0.05) is 6.42 Å². The molecule has 2 amide bonds. The van der Waals surface area contributed by atoms with E-state index >= 15 is 0 Å². The molecule has 2 fully saturated rings. The first-order valence-electron chi connectivity index (χ1n) is 10.4. The second-order valence-electron chi connectivity index (χ2n) is 9.31. The smallest absolute Gasteiger partial charge is 0.416 e. The lowest BCUT2D eigenvalue weighted by Crippen LogP contribution is -2.40. The van der Waals surface area contributed by atoms with Gasteiger partial charge in [0.25, 0.3) is 0 Å². The van der Waals surface area contributed by atoms with E-state index in [1.54, 1.807) is 0 Å². The summed E-state index contributed by atoms with van der Waals surface area (Å²) in [5.74, 6) is 1.32. The highest BCUT2D eigenvalue weighted by Crippen LogP contribution is 2.41. The molecule has 2 aliphatic rings. The van der Waals surface area contributed by atoms with Crippen molar-refractivity contribution < 1.29 is 14.3 Å². The van der Waals surface area contributed by atoms with Crippen LogP contribution in [-0.2, 0) is 16.0 Å². The van der Waals surface area contributed by atoms with E-state index in [4.69, 9.17) is 4.74 Å². The van der Waals surface area contributed by atoms with Crippen molar-refractivity contribution in [3.05, 3.63) is 35.9 Å². The maximum atomic E-state index is 12.7. The number of hydrogen-bond acceptors (Lipinski definition) is 3. The Morgan fingerprint density at radius 3 is 2.41 bits per heavy atom. The molecule has 1 heterocycles. The standard InChI is InChI=1S/C23H33NO3/c1-23(2,3)19-12-9-17(10-13-19)11-14-21(25)24-20(16-27-22(24)26)15-18-7-5-4-6-8-18/h4-8,17,19-20H,9-16H2,1-3H3. The summed E-state index contributed by atoms with van der Waals surface area (Å²) in [6.07, 6.45) is 6.44. The second kappa shape index (κ2) is 8.45. The zero-order chi connectivity index (χ0) is 19.4. The predicted octanol–water partition coefficient (Wildman–Crippen LogP) is 5.21. The van der Waals surface area contributed by atoms with Gasteiger partial charge in [0.1, 0.15) is 6.61 Å². The minimum absolute atomic E-state index is 0.0728. The van der Waals surface area contributed by atoms with Crippen LogP contribution < -0.4 is 0 Å². The van der Waals surface area contributed by atoms with E-state index in [1.807, 2.05) is 30.3 Å². The molecular formula is C23H33NO3. The lowest BCUT2D eigenvalue weighted by Gasteiger charge is -2.37. The van der Waals surface area contributed by atoms with Crippen molar-refractivity contribution in [2.24, 2.45) is 17.3 Å². The van der Waals surface area contributed by atoms with E-state index in [2.05, 4.69) is 20.8 Å². The van der Waals surface area contributed by atoms with Crippen LogP contribution in [0, 0.1) is 17.3 Å². The molecule has 0 aromatic heterocycles. The maximum absolute atomic E-state index is 12.7. The first-order valence-corrected chi connectivity index (χ1v) is 10.4. The lowest BCUT2D eigenvalue weighted by molar-refractivity contribution is -0.129. The summed E-state index contributed by atoms with van der Waals surface area (Å²) in [4.78, 5) is 26.2. The Hall–Kier alpha value is -1.84. The van der Waals surface area contributed by atoms with Crippen LogP contribution in [0.1, 0.15) is 64.9 Å². The fourth-order valence-electron chi connectivity index (χ4n) is 4.57. The molecule has 1 saturated carbocycles. The van der Waals surface area contributed by atoms with Gasteiger partial charge in [0.05, 0.1) is 6.04 Å². The van der Waals surface area contributed by atoms with Gasteiger partial charge in [-0.25, -0.2) is 9.69 Å². The van der Waals surface area contributed by atoms with E-state index in [1.165, 1.54) is 30.6 Å². The Balaban J connectivity index is 1.50. The molecule has 1 saturated heterocycles. The summed E-state index contributed by atoms with van der Waals surface area (Å²) in [6.45, 7) is 7.28. The molecule has 0 radical (unpaired) electrons. The predicted molar refractivity (Wildman–Crippen MR) is 106 cm³/mol. The normalized spacial score (nSPS) is 26.1. The number of amides is 2. The fraction of sp³-hybridized carbons (Fsp3) is 0.652. The van der Waals surface area contributed by atoms with Crippen LogP contribution in [0.2, 0.25) is 0 Å². The van der Waals surface area contributed by atoms with E-state index < -0.39 is 6.09 Å². The van der Waals surface area contributed by atoms with Gasteiger partial charge in [0.2, 0.25) is 5.91 Å². The molecule has 1 aromatic rings. The van der Waals surface area contributed by atoms with Gasteiger partial charge in [-0.05, 0) is 48.5 Å². The van der Waals surface area contributed by atoms with Crippen molar-refractivity contribution in [2.45, 2.75) is 71.8 Å². The zero-order valence-corrected chi connectivity index (χ0v) is 16.9. The van der Waals surface area contributed by atoms with E-state index in [-0.39, 0.29) is 11.9 Å². The summed E-state index contributed by atoms with van der Waals surface area (Å²) >= 11 is 0. The molecule has 1 aliphatic heterocycles. The third-order valence-electron chi connectivity index (χ3n) is 6.38. The van der Waals surface area contributed by atoms with Crippen LogP contribution >= 0.6 is 0 Å². The number of carbonyl (C=O) groups excluding carboxylic acids is 2. The number of benzene rings is 1. The zero-order valence-electron chi connectivity index (χ0n) is 16.9. The van der Waals surface area contributed by atoms with Gasteiger partial charge in [-0.2, -0.15) is 0 Å². The first kappa shape index (κ1) is 19.9. The van der Waals surface area contributed by atoms with Crippen LogP contribution in [0.5, 0.6) is 0 Å². The summed E-state index contributed by atoms with van der Waals surface area (Å²) in [7, 11) is 0. The third-order valence-corrected chi connectivity index (χ3v) is 6.38. The number of cyclic esters (lactones) is 1. The minimum Gasteiger partial charge on any atom is -0.447 e. The fourth-order valence-corrected chi connectivity index (χ4v) is 4.57. The van der Waals surface area contributed by atoms with Gasteiger partial charge in [-0.15, -0.1) is 0 Å².